The lowest BCUT2D eigenvalue weighted by Gasteiger charge is -2.06. The van der Waals surface area contributed by atoms with Gasteiger partial charge in [0.05, 0.1) is 5.57 Å². The van der Waals surface area contributed by atoms with E-state index in [0.29, 0.717) is 10.9 Å². The van der Waals surface area contributed by atoms with E-state index in [4.69, 9.17) is 0 Å². The van der Waals surface area contributed by atoms with Gasteiger partial charge in [-0.05, 0) is 23.8 Å². The van der Waals surface area contributed by atoms with Gasteiger partial charge in [0.2, 0.25) is 0 Å². The average molecular weight is 287 g/mol. The summed E-state index contributed by atoms with van der Waals surface area (Å²) in [5, 5.41) is 0.715. The summed E-state index contributed by atoms with van der Waals surface area (Å²) < 4.78 is 42.1. The second-order valence-corrected chi connectivity index (χ2v) is 4.82. The van der Waals surface area contributed by atoms with E-state index in [1.807, 2.05) is 12.1 Å². The third kappa shape index (κ3) is 2.33. The molecule has 106 valence electrons. The minimum atomic E-state index is -1.82. The summed E-state index contributed by atoms with van der Waals surface area (Å²) in [5.74, 6) is -0.536. The Morgan fingerprint density at radius 2 is 1.76 bits per heavy atom. The first-order chi connectivity index (χ1) is 10.1. The molecule has 0 N–H and O–H groups in total. The van der Waals surface area contributed by atoms with Gasteiger partial charge in [-0.3, -0.25) is 0 Å². The zero-order valence-electron chi connectivity index (χ0n) is 11.3. The van der Waals surface area contributed by atoms with Crippen molar-refractivity contribution in [1.29, 1.82) is 0 Å². The van der Waals surface area contributed by atoms with Crippen molar-refractivity contribution in [3.05, 3.63) is 77.8 Å². The van der Waals surface area contributed by atoms with E-state index in [9.17, 15) is 13.2 Å². The first kappa shape index (κ1) is 13.5. The van der Waals surface area contributed by atoms with Crippen LogP contribution in [-0.4, -0.2) is 4.57 Å². The third-order valence-electron chi connectivity index (χ3n) is 3.47. The molecule has 4 heteroatoms. The zero-order valence-corrected chi connectivity index (χ0v) is 11.3. The summed E-state index contributed by atoms with van der Waals surface area (Å²) in [7, 11) is 1.80. The van der Waals surface area contributed by atoms with Gasteiger partial charge < -0.3 is 4.57 Å². The van der Waals surface area contributed by atoms with Crippen LogP contribution in [0.4, 0.5) is 13.2 Å². The fourth-order valence-electron chi connectivity index (χ4n) is 2.55. The van der Waals surface area contributed by atoms with Gasteiger partial charge in [0.15, 0.2) is 0 Å². The van der Waals surface area contributed by atoms with E-state index in [-0.39, 0.29) is 11.1 Å². The van der Waals surface area contributed by atoms with Gasteiger partial charge in [0, 0.05) is 29.7 Å². The molecule has 1 nitrogen and oxygen atoms in total. The van der Waals surface area contributed by atoms with Gasteiger partial charge in [0.1, 0.15) is 5.82 Å². The second-order valence-electron chi connectivity index (χ2n) is 4.82. The number of aromatic nitrogens is 1. The highest BCUT2D eigenvalue weighted by atomic mass is 19.3. The number of halogens is 3. The Balaban J connectivity index is 2.30. The van der Waals surface area contributed by atoms with E-state index >= 15 is 0 Å². The van der Waals surface area contributed by atoms with Crippen molar-refractivity contribution in [1.82, 2.24) is 4.57 Å². The van der Waals surface area contributed by atoms with Gasteiger partial charge in [-0.15, -0.1) is 0 Å². The van der Waals surface area contributed by atoms with Crippen LogP contribution in [0.5, 0.6) is 0 Å². The highest BCUT2D eigenvalue weighted by Crippen LogP contribution is 2.34. The highest BCUT2D eigenvalue weighted by Gasteiger charge is 2.17. The molecule has 0 fully saturated rings. The number of fused-ring (bicyclic) bond motifs is 1. The van der Waals surface area contributed by atoms with E-state index in [2.05, 4.69) is 0 Å². The molecule has 0 saturated heterocycles. The van der Waals surface area contributed by atoms with Gasteiger partial charge in [-0.1, -0.05) is 30.3 Å². The Kier molecular flexibility index (Phi) is 3.29. The minimum absolute atomic E-state index is 0.173. The van der Waals surface area contributed by atoms with Crippen LogP contribution in [0.1, 0.15) is 11.1 Å². The molecule has 0 aliphatic heterocycles. The number of benzene rings is 2. The second kappa shape index (κ2) is 5.13. The Bertz CT molecular complexity index is 842. The van der Waals surface area contributed by atoms with Crippen LogP contribution < -0.4 is 0 Å². The first-order valence-electron chi connectivity index (χ1n) is 6.43. The van der Waals surface area contributed by atoms with Crippen molar-refractivity contribution in [2.45, 2.75) is 0 Å². The molecule has 0 spiro atoms. The lowest BCUT2D eigenvalue weighted by Crippen LogP contribution is -1.90. The van der Waals surface area contributed by atoms with Gasteiger partial charge in [-0.25, -0.2) is 4.39 Å². The lowest BCUT2D eigenvalue weighted by molar-refractivity contribution is 0.426. The Morgan fingerprint density at radius 1 is 1.00 bits per heavy atom. The average Bonchev–Trinajstić information content (AvgIpc) is 2.77. The smallest absolute Gasteiger partial charge is 0.278 e. The van der Waals surface area contributed by atoms with Crippen molar-refractivity contribution in [3.63, 3.8) is 0 Å². The van der Waals surface area contributed by atoms with E-state index in [1.165, 1.54) is 18.2 Å². The quantitative estimate of drug-likeness (QED) is 0.627. The van der Waals surface area contributed by atoms with Gasteiger partial charge >= 0.3 is 0 Å². The van der Waals surface area contributed by atoms with Crippen molar-refractivity contribution < 1.29 is 13.2 Å². The molecule has 21 heavy (non-hydrogen) atoms. The number of nitrogens with zero attached hydrogens (tertiary/aromatic N) is 1. The predicted octanol–water partition coefficient (Wildman–Crippen LogP) is 4.97. The van der Waals surface area contributed by atoms with Gasteiger partial charge in [-0.2, -0.15) is 8.78 Å². The number of rotatable bonds is 2. The summed E-state index contributed by atoms with van der Waals surface area (Å²) in [6.07, 6.45) is -0.179. The normalized spacial score (nSPS) is 10.9. The van der Waals surface area contributed by atoms with Crippen LogP contribution in [0.15, 0.2) is 60.8 Å². The number of hydrogen-bond acceptors (Lipinski definition) is 0. The van der Waals surface area contributed by atoms with E-state index in [1.54, 1.807) is 29.9 Å². The van der Waals surface area contributed by atoms with E-state index < -0.39 is 11.9 Å². The summed E-state index contributed by atoms with van der Waals surface area (Å²) >= 11 is 0. The summed E-state index contributed by atoms with van der Waals surface area (Å²) in [5.41, 5.74) is 1.19. The molecule has 3 aromatic rings. The minimum Gasteiger partial charge on any atom is -0.350 e. The number of aryl methyl sites for hydroxylation is 1. The molecule has 1 heterocycles. The molecule has 0 bridgehead atoms. The molecule has 0 atom stereocenters. The first-order valence-corrected chi connectivity index (χ1v) is 6.43. The summed E-state index contributed by atoms with van der Waals surface area (Å²) in [4.78, 5) is 0. The maximum absolute atomic E-state index is 13.5. The Hall–Kier alpha value is -2.49. The topological polar surface area (TPSA) is 4.93 Å². The van der Waals surface area contributed by atoms with E-state index in [0.717, 1.165) is 11.6 Å². The molecule has 0 aliphatic rings. The molecule has 0 amide bonds. The summed E-state index contributed by atoms with van der Waals surface area (Å²) in [6.45, 7) is 0. The van der Waals surface area contributed by atoms with Crippen molar-refractivity contribution in [3.8, 4) is 0 Å². The standard InChI is InChI=1S/C17H12F3N/c1-21-10-14(13-7-2-3-8-15(13)21)16(17(19)20)11-5-4-6-12(18)9-11/h2-10H,1H3. The summed E-state index contributed by atoms with van der Waals surface area (Å²) in [6, 6.07) is 12.6. The molecular formula is C17H12F3N. The molecule has 0 radical (unpaired) electrons. The molecule has 0 aliphatic carbocycles. The lowest BCUT2D eigenvalue weighted by atomic mass is 9.98. The van der Waals surface area contributed by atoms with Crippen LogP contribution in [0.3, 0.4) is 0 Å². The number of hydrogen-bond donors (Lipinski definition) is 0. The SMILES string of the molecule is Cn1cc(C(=C(F)F)c2cccc(F)c2)c2ccccc21. The molecule has 2 aromatic carbocycles. The molecule has 1 aromatic heterocycles. The monoisotopic (exact) mass is 287 g/mol. The Morgan fingerprint density at radius 3 is 2.48 bits per heavy atom. The van der Waals surface area contributed by atoms with Crippen molar-refractivity contribution in [2.24, 2.45) is 7.05 Å². The molecule has 0 saturated carbocycles. The van der Waals surface area contributed by atoms with Crippen LogP contribution in [0.25, 0.3) is 16.5 Å². The zero-order chi connectivity index (χ0) is 15.0. The van der Waals surface area contributed by atoms with Crippen LogP contribution >= 0.6 is 0 Å². The maximum atomic E-state index is 13.5. The fourth-order valence-corrected chi connectivity index (χ4v) is 2.55. The molecule has 0 unspecified atom stereocenters. The predicted molar refractivity (Wildman–Crippen MR) is 77.6 cm³/mol. The largest absolute Gasteiger partial charge is 0.350 e. The molecule has 3 rings (SSSR count). The Labute approximate surface area is 119 Å². The van der Waals surface area contributed by atoms with Crippen LogP contribution in [0, 0.1) is 5.82 Å². The van der Waals surface area contributed by atoms with Gasteiger partial charge in [0.25, 0.3) is 6.08 Å². The van der Waals surface area contributed by atoms with Crippen molar-refractivity contribution in [2.75, 3.05) is 0 Å². The van der Waals surface area contributed by atoms with Crippen LogP contribution in [0.2, 0.25) is 0 Å². The van der Waals surface area contributed by atoms with Crippen molar-refractivity contribution >= 4 is 16.5 Å². The maximum Gasteiger partial charge on any atom is 0.278 e. The number of para-hydroxylation sites is 1. The third-order valence-corrected chi connectivity index (χ3v) is 3.47. The fraction of sp³-hybridized carbons (Fsp3) is 0.0588. The highest BCUT2D eigenvalue weighted by molar-refractivity contribution is 5.97. The molecular weight excluding hydrogens is 275 g/mol. The van der Waals surface area contributed by atoms with Crippen LogP contribution in [-0.2, 0) is 7.05 Å².